The summed E-state index contributed by atoms with van der Waals surface area (Å²) in [6, 6.07) is 14.0. The number of anilines is 2. The van der Waals surface area contributed by atoms with Crippen molar-refractivity contribution in [3.05, 3.63) is 59.1 Å². The number of benzene rings is 2. The van der Waals surface area contributed by atoms with Gasteiger partial charge in [-0.2, -0.15) is 0 Å². The maximum absolute atomic E-state index is 11.8. The van der Waals surface area contributed by atoms with E-state index in [1.807, 2.05) is 0 Å². The summed E-state index contributed by atoms with van der Waals surface area (Å²) in [5, 5.41) is 9.81. The van der Waals surface area contributed by atoms with Gasteiger partial charge in [-0.15, -0.1) is 0 Å². The normalized spacial score (nSPS) is 10.9. The van der Waals surface area contributed by atoms with Gasteiger partial charge in [-0.1, -0.05) is 35.0 Å². The van der Waals surface area contributed by atoms with Gasteiger partial charge in [-0.25, -0.2) is 0 Å². The number of hydrogen-bond donors (Lipinski definition) is 2. The van der Waals surface area contributed by atoms with Crippen molar-refractivity contribution in [2.24, 2.45) is 5.16 Å². The first-order chi connectivity index (χ1) is 11.9. The standard InChI is InChI=1S/C18H18ClN3O3/c1-12(14-6-8-16(9-7-14)20-13(2)23)22-25-11-18(24)21-17-5-3-4-15(19)10-17/h3-10H,11H2,1-2H3,(H,20,23)(H,21,24)/b22-12+. The highest BCUT2D eigenvalue weighted by Gasteiger charge is 2.04. The summed E-state index contributed by atoms with van der Waals surface area (Å²) >= 11 is 5.85. The van der Waals surface area contributed by atoms with Crippen LogP contribution >= 0.6 is 11.6 Å². The SMILES string of the molecule is CC(=O)Nc1ccc(/C(C)=N/OCC(=O)Nc2cccc(Cl)c2)cc1. The van der Waals surface area contributed by atoms with Crippen LogP contribution in [0.2, 0.25) is 5.02 Å². The fourth-order valence-electron chi connectivity index (χ4n) is 2.00. The van der Waals surface area contributed by atoms with Crippen LogP contribution in [-0.2, 0) is 14.4 Å². The van der Waals surface area contributed by atoms with Crippen molar-refractivity contribution in [2.75, 3.05) is 17.2 Å². The van der Waals surface area contributed by atoms with Gasteiger partial charge < -0.3 is 15.5 Å². The van der Waals surface area contributed by atoms with Crippen LogP contribution in [0.4, 0.5) is 11.4 Å². The Morgan fingerprint density at radius 2 is 1.76 bits per heavy atom. The third kappa shape index (κ3) is 6.27. The summed E-state index contributed by atoms with van der Waals surface area (Å²) in [5.41, 5.74) is 2.73. The number of halogens is 1. The molecule has 2 rings (SSSR count). The Morgan fingerprint density at radius 1 is 1.04 bits per heavy atom. The molecular formula is C18H18ClN3O3. The molecule has 0 aliphatic rings. The molecule has 0 fully saturated rings. The largest absolute Gasteiger partial charge is 0.385 e. The van der Waals surface area contributed by atoms with Crippen molar-refractivity contribution >= 4 is 40.5 Å². The highest BCUT2D eigenvalue weighted by atomic mass is 35.5. The lowest BCUT2D eigenvalue weighted by Gasteiger charge is -2.06. The van der Waals surface area contributed by atoms with Crippen LogP contribution in [0.25, 0.3) is 0 Å². The highest BCUT2D eigenvalue weighted by molar-refractivity contribution is 6.30. The molecule has 0 saturated heterocycles. The maximum atomic E-state index is 11.8. The predicted molar refractivity (Wildman–Crippen MR) is 99.0 cm³/mol. The van der Waals surface area contributed by atoms with Gasteiger partial charge in [0, 0.05) is 23.3 Å². The van der Waals surface area contributed by atoms with Gasteiger partial charge in [-0.05, 0) is 42.8 Å². The zero-order valence-electron chi connectivity index (χ0n) is 13.9. The minimum absolute atomic E-state index is 0.132. The molecule has 0 saturated carbocycles. The number of carbonyl (C=O) groups is 2. The zero-order valence-corrected chi connectivity index (χ0v) is 14.6. The molecule has 0 heterocycles. The Hall–Kier alpha value is -2.86. The fraction of sp³-hybridized carbons (Fsp3) is 0.167. The van der Waals surface area contributed by atoms with Crippen molar-refractivity contribution in [3.8, 4) is 0 Å². The molecule has 0 spiro atoms. The van der Waals surface area contributed by atoms with Gasteiger partial charge >= 0.3 is 0 Å². The average Bonchev–Trinajstić information content (AvgIpc) is 2.55. The number of hydrogen-bond acceptors (Lipinski definition) is 4. The molecule has 2 aromatic rings. The second kappa shape index (κ2) is 8.84. The van der Waals surface area contributed by atoms with Crippen LogP contribution in [0, 0.1) is 0 Å². The van der Waals surface area contributed by atoms with E-state index in [0.717, 1.165) is 5.56 Å². The Labute approximate surface area is 150 Å². The monoisotopic (exact) mass is 359 g/mol. The minimum atomic E-state index is -0.333. The van der Waals surface area contributed by atoms with Crippen molar-refractivity contribution in [2.45, 2.75) is 13.8 Å². The van der Waals surface area contributed by atoms with E-state index in [9.17, 15) is 9.59 Å². The molecule has 0 aromatic heterocycles. The van der Waals surface area contributed by atoms with Gasteiger partial charge in [0.15, 0.2) is 6.61 Å². The number of nitrogens with zero attached hydrogens (tertiary/aromatic N) is 1. The van der Waals surface area contributed by atoms with E-state index >= 15 is 0 Å². The van der Waals surface area contributed by atoms with Crippen molar-refractivity contribution in [3.63, 3.8) is 0 Å². The lowest BCUT2D eigenvalue weighted by molar-refractivity contribution is -0.120. The highest BCUT2D eigenvalue weighted by Crippen LogP contribution is 2.14. The molecule has 7 heteroatoms. The summed E-state index contributed by atoms with van der Waals surface area (Å²) < 4.78 is 0. The lowest BCUT2D eigenvalue weighted by atomic mass is 10.1. The third-order valence-corrected chi connectivity index (χ3v) is 3.36. The van der Waals surface area contributed by atoms with Crippen LogP contribution in [0.5, 0.6) is 0 Å². The number of oxime groups is 1. The van der Waals surface area contributed by atoms with E-state index < -0.39 is 0 Å². The number of nitrogens with one attached hydrogen (secondary N) is 2. The second-order valence-electron chi connectivity index (χ2n) is 5.27. The first-order valence-electron chi connectivity index (χ1n) is 7.54. The Bertz CT molecular complexity index is 788. The van der Waals surface area contributed by atoms with Crippen LogP contribution in [-0.4, -0.2) is 24.1 Å². The van der Waals surface area contributed by atoms with Crippen LogP contribution in [0.15, 0.2) is 53.7 Å². The van der Waals surface area contributed by atoms with E-state index in [1.54, 1.807) is 55.5 Å². The molecule has 2 amide bonds. The second-order valence-corrected chi connectivity index (χ2v) is 5.70. The topological polar surface area (TPSA) is 79.8 Å². The molecule has 25 heavy (non-hydrogen) atoms. The summed E-state index contributed by atoms with van der Waals surface area (Å²) in [5.74, 6) is -0.466. The molecule has 0 radical (unpaired) electrons. The number of rotatable bonds is 6. The molecule has 0 aliphatic carbocycles. The summed E-state index contributed by atoms with van der Waals surface area (Å²) in [6.45, 7) is 3.00. The Morgan fingerprint density at radius 3 is 2.40 bits per heavy atom. The molecular weight excluding hydrogens is 342 g/mol. The van der Waals surface area contributed by atoms with Gasteiger partial charge in [0.1, 0.15) is 0 Å². The van der Waals surface area contributed by atoms with Gasteiger partial charge in [0.2, 0.25) is 5.91 Å². The van der Waals surface area contributed by atoms with E-state index in [4.69, 9.17) is 16.4 Å². The lowest BCUT2D eigenvalue weighted by Crippen LogP contribution is -2.17. The predicted octanol–water partition coefficient (Wildman–Crippen LogP) is 3.68. The van der Waals surface area contributed by atoms with Gasteiger partial charge in [-0.3, -0.25) is 9.59 Å². The van der Waals surface area contributed by atoms with E-state index in [0.29, 0.717) is 22.1 Å². The third-order valence-electron chi connectivity index (χ3n) is 3.13. The molecule has 130 valence electrons. The maximum Gasteiger partial charge on any atom is 0.265 e. The molecule has 0 unspecified atom stereocenters. The van der Waals surface area contributed by atoms with Crippen LogP contribution in [0.1, 0.15) is 19.4 Å². The molecule has 0 aliphatic heterocycles. The number of carbonyl (C=O) groups excluding carboxylic acids is 2. The Balaban J connectivity index is 1.86. The van der Waals surface area contributed by atoms with Crippen molar-refractivity contribution < 1.29 is 14.4 Å². The van der Waals surface area contributed by atoms with Gasteiger partial charge in [0.05, 0.1) is 5.71 Å². The smallest absolute Gasteiger partial charge is 0.265 e. The first-order valence-corrected chi connectivity index (χ1v) is 7.92. The van der Waals surface area contributed by atoms with E-state index in [-0.39, 0.29) is 18.4 Å². The quantitative estimate of drug-likeness (QED) is 0.610. The van der Waals surface area contributed by atoms with Crippen molar-refractivity contribution in [1.29, 1.82) is 0 Å². The summed E-state index contributed by atoms with van der Waals surface area (Å²) in [6.07, 6.45) is 0. The van der Waals surface area contributed by atoms with Crippen molar-refractivity contribution in [1.82, 2.24) is 0 Å². The van der Waals surface area contributed by atoms with Crippen LogP contribution < -0.4 is 10.6 Å². The van der Waals surface area contributed by atoms with Gasteiger partial charge in [0.25, 0.3) is 5.91 Å². The summed E-state index contributed by atoms with van der Waals surface area (Å²) in [7, 11) is 0. The molecule has 2 N–H and O–H groups in total. The molecule has 0 bridgehead atoms. The molecule has 2 aromatic carbocycles. The zero-order chi connectivity index (χ0) is 18.2. The van der Waals surface area contributed by atoms with Crippen LogP contribution in [0.3, 0.4) is 0 Å². The fourth-order valence-corrected chi connectivity index (χ4v) is 2.19. The Kier molecular flexibility index (Phi) is 6.54. The summed E-state index contributed by atoms with van der Waals surface area (Å²) in [4.78, 5) is 27.9. The molecule has 6 nitrogen and oxygen atoms in total. The van der Waals surface area contributed by atoms with E-state index in [2.05, 4.69) is 15.8 Å². The molecule has 0 atom stereocenters. The minimum Gasteiger partial charge on any atom is -0.385 e. The first kappa shape index (κ1) is 18.5. The van der Waals surface area contributed by atoms with E-state index in [1.165, 1.54) is 6.92 Å². The number of amides is 2. The average molecular weight is 360 g/mol.